The lowest BCUT2D eigenvalue weighted by Crippen LogP contribution is -2.26. The normalized spacial score (nSPS) is 14.5. The number of hydrogen-bond donors (Lipinski definition) is 2. The molecular formula is C12H16N4S. The van der Waals surface area contributed by atoms with Crippen LogP contribution in [0.15, 0.2) is 41.9 Å². The van der Waals surface area contributed by atoms with E-state index in [2.05, 4.69) is 21.9 Å². The van der Waals surface area contributed by atoms with Gasteiger partial charge in [0.1, 0.15) is 0 Å². The number of pyridine rings is 1. The quantitative estimate of drug-likeness (QED) is 0.797. The zero-order valence-electron chi connectivity index (χ0n) is 9.71. The van der Waals surface area contributed by atoms with Crippen LogP contribution in [-0.2, 0) is 0 Å². The van der Waals surface area contributed by atoms with E-state index in [1.165, 1.54) is 0 Å². The van der Waals surface area contributed by atoms with Crippen molar-refractivity contribution in [3.05, 3.63) is 42.5 Å². The highest BCUT2D eigenvalue weighted by Gasteiger charge is 2.21. The van der Waals surface area contributed by atoms with Gasteiger partial charge in [0.25, 0.3) is 0 Å². The molecule has 2 atom stereocenters. The zero-order valence-corrected chi connectivity index (χ0v) is 10.5. The van der Waals surface area contributed by atoms with Crippen LogP contribution in [0, 0.1) is 0 Å². The van der Waals surface area contributed by atoms with Gasteiger partial charge in [-0.05, 0) is 18.6 Å². The predicted octanol–water partition coefficient (Wildman–Crippen LogP) is 2.38. The fourth-order valence-electron chi connectivity index (χ4n) is 1.56. The van der Waals surface area contributed by atoms with Crippen molar-refractivity contribution in [1.29, 1.82) is 0 Å². The summed E-state index contributed by atoms with van der Waals surface area (Å²) >= 11 is 1.63. The molecule has 0 saturated carbocycles. The average molecular weight is 248 g/mol. The number of hydrogen-bond acceptors (Lipinski definition) is 4. The molecular weight excluding hydrogens is 232 g/mol. The number of aromatic nitrogens is 3. The van der Waals surface area contributed by atoms with Crippen molar-refractivity contribution in [2.75, 3.05) is 0 Å². The molecule has 0 aromatic carbocycles. The molecule has 2 aromatic rings. The largest absolute Gasteiger partial charge is 0.340 e. The van der Waals surface area contributed by atoms with Crippen LogP contribution in [0.2, 0.25) is 0 Å². The van der Waals surface area contributed by atoms with Crippen LogP contribution < -0.4 is 5.73 Å². The summed E-state index contributed by atoms with van der Waals surface area (Å²) in [6.45, 7) is 2.09. The number of nitrogens with two attached hydrogens (primary N) is 1. The van der Waals surface area contributed by atoms with Gasteiger partial charge in [0.2, 0.25) is 0 Å². The highest BCUT2D eigenvalue weighted by atomic mass is 32.2. The molecule has 2 heterocycles. The minimum atomic E-state index is 0.0694. The highest BCUT2D eigenvalue weighted by Crippen LogP contribution is 2.35. The molecule has 0 saturated heterocycles. The molecule has 3 N–H and O–H groups in total. The average Bonchev–Trinajstić information content (AvgIpc) is 2.89. The van der Waals surface area contributed by atoms with Crippen LogP contribution in [0.5, 0.6) is 0 Å². The molecule has 2 aromatic heterocycles. The van der Waals surface area contributed by atoms with E-state index in [1.54, 1.807) is 24.2 Å². The number of imidazole rings is 1. The van der Waals surface area contributed by atoms with Gasteiger partial charge in [-0.3, -0.25) is 4.98 Å². The Kier molecular flexibility index (Phi) is 4.17. The van der Waals surface area contributed by atoms with Gasteiger partial charge >= 0.3 is 0 Å². The molecule has 4 nitrogen and oxygen atoms in total. The Labute approximate surface area is 105 Å². The summed E-state index contributed by atoms with van der Waals surface area (Å²) in [5.41, 5.74) is 7.17. The fraction of sp³-hybridized carbons (Fsp3) is 0.333. The molecule has 0 aliphatic carbocycles. The van der Waals surface area contributed by atoms with Gasteiger partial charge in [0.15, 0.2) is 5.16 Å². The Balaban J connectivity index is 2.20. The number of thioether (sulfide) groups is 1. The lowest BCUT2D eigenvalue weighted by molar-refractivity contribution is 0.623. The third-order valence-corrected chi connectivity index (χ3v) is 3.84. The summed E-state index contributed by atoms with van der Waals surface area (Å²) in [5, 5.41) is 1.01. The Bertz CT molecular complexity index is 429. The second-order valence-electron chi connectivity index (χ2n) is 3.76. The van der Waals surface area contributed by atoms with E-state index in [0.717, 1.165) is 17.3 Å². The summed E-state index contributed by atoms with van der Waals surface area (Å²) < 4.78 is 0. The lowest BCUT2D eigenvalue weighted by Gasteiger charge is -2.20. The first kappa shape index (κ1) is 12.1. The maximum absolute atomic E-state index is 6.16. The minimum absolute atomic E-state index is 0.0694. The molecule has 5 heteroatoms. The Morgan fingerprint density at radius 1 is 1.35 bits per heavy atom. The van der Waals surface area contributed by atoms with Crippen LogP contribution in [0.4, 0.5) is 0 Å². The number of H-pyrrole nitrogens is 1. The van der Waals surface area contributed by atoms with Crippen LogP contribution in [0.25, 0.3) is 0 Å². The molecule has 0 aliphatic rings. The maximum Gasteiger partial charge on any atom is 0.165 e. The van der Waals surface area contributed by atoms with Gasteiger partial charge in [0.05, 0.1) is 10.9 Å². The first-order valence-corrected chi connectivity index (χ1v) is 6.51. The van der Waals surface area contributed by atoms with Crippen molar-refractivity contribution in [3.63, 3.8) is 0 Å². The van der Waals surface area contributed by atoms with E-state index in [9.17, 15) is 0 Å². The maximum atomic E-state index is 6.16. The van der Waals surface area contributed by atoms with E-state index >= 15 is 0 Å². The van der Waals surface area contributed by atoms with E-state index in [-0.39, 0.29) is 11.3 Å². The van der Waals surface area contributed by atoms with E-state index in [0.29, 0.717) is 0 Å². The van der Waals surface area contributed by atoms with Crippen LogP contribution in [0.1, 0.15) is 24.3 Å². The standard InChI is InChI=1S/C12H16N4S/c1-2-9(13)11(10-5-3-4-6-14-10)17-12-15-7-8-16-12/h3-9,11H,2,13H2,1H3,(H,15,16). The van der Waals surface area contributed by atoms with Gasteiger partial charge in [-0.15, -0.1) is 0 Å². The number of nitrogens with zero attached hydrogens (tertiary/aromatic N) is 2. The molecule has 0 fully saturated rings. The Morgan fingerprint density at radius 3 is 2.82 bits per heavy atom. The summed E-state index contributed by atoms with van der Waals surface area (Å²) in [6.07, 6.45) is 6.27. The second kappa shape index (κ2) is 5.84. The number of aromatic amines is 1. The highest BCUT2D eigenvalue weighted by molar-refractivity contribution is 7.99. The molecule has 0 radical (unpaired) electrons. The van der Waals surface area contributed by atoms with Gasteiger partial charge < -0.3 is 10.7 Å². The van der Waals surface area contributed by atoms with Crippen LogP contribution in [0.3, 0.4) is 0 Å². The van der Waals surface area contributed by atoms with Crippen molar-refractivity contribution < 1.29 is 0 Å². The lowest BCUT2D eigenvalue weighted by atomic mass is 10.1. The molecule has 0 spiro atoms. The van der Waals surface area contributed by atoms with Crippen LogP contribution >= 0.6 is 11.8 Å². The molecule has 2 rings (SSSR count). The molecule has 17 heavy (non-hydrogen) atoms. The SMILES string of the molecule is CCC(N)C(Sc1ncc[nH]1)c1ccccn1. The van der Waals surface area contributed by atoms with Crippen molar-refractivity contribution in [2.24, 2.45) is 5.73 Å². The van der Waals surface area contributed by atoms with E-state index < -0.39 is 0 Å². The smallest absolute Gasteiger partial charge is 0.165 e. The first-order valence-electron chi connectivity index (χ1n) is 5.63. The Hall–Kier alpha value is -1.33. The van der Waals surface area contributed by atoms with Gasteiger partial charge in [-0.2, -0.15) is 0 Å². The topological polar surface area (TPSA) is 67.6 Å². The molecule has 0 bridgehead atoms. The molecule has 2 unspecified atom stereocenters. The minimum Gasteiger partial charge on any atom is -0.340 e. The van der Waals surface area contributed by atoms with E-state index in [4.69, 9.17) is 5.73 Å². The van der Waals surface area contributed by atoms with Gasteiger partial charge in [0, 0.05) is 24.6 Å². The number of rotatable bonds is 5. The zero-order chi connectivity index (χ0) is 12.1. The number of nitrogens with one attached hydrogen (secondary N) is 1. The van der Waals surface area contributed by atoms with Crippen molar-refractivity contribution in [2.45, 2.75) is 29.8 Å². The molecule has 90 valence electrons. The summed E-state index contributed by atoms with van der Waals surface area (Å²) in [6, 6.07) is 5.98. The first-order chi connectivity index (χ1) is 8.31. The van der Waals surface area contributed by atoms with Gasteiger partial charge in [-0.1, -0.05) is 24.8 Å². The molecule has 0 amide bonds. The predicted molar refractivity (Wildman–Crippen MR) is 69.7 cm³/mol. The monoisotopic (exact) mass is 248 g/mol. The summed E-state index contributed by atoms with van der Waals surface area (Å²) in [5.74, 6) is 0. The third kappa shape index (κ3) is 3.08. The fourth-order valence-corrected chi connectivity index (χ4v) is 2.69. The summed E-state index contributed by atoms with van der Waals surface area (Å²) in [4.78, 5) is 11.7. The molecule has 0 aliphatic heterocycles. The van der Waals surface area contributed by atoms with Crippen molar-refractivity contribution in [3.8, 4) is 0 Å². The van der Waals surface area contributed by atoms with Crippen molar-refractivity contribution in [1.82, 2.24) is 15.0 Å². The summed E-state index contributed by atoms with van der Waals surface area (Å²) in [7, 11) is 0. The third-order valence-electron chi connectivity index (χ3n) is 2.55. The van der Waals surface area contributed by atoms with Crippen LogP contribution in [-0.4, -0.2) is 21.0 Å². The Morgan fingerprint density at radius 2 is 2.24 bits per heavy atom. The van der Waals surface area contributed by atoms with E-state index in [1.807, 2.05) is 24.4 Å². The van der Waals surface area contributed by atoms with Gasteiger partial charge in [-0.25, -0.2) is 4.98 Å². The van der Waals surface area contributed by atoms with Crippen molar-refractivity contribution >= 4 is 11.8 Å². The second-order valence-corrected chi connectivity index (χ2v) is 4.89.